The third-order valence-corrected chi connectivity index (χ3v) is 5.67. The molecule has 110 valence electrons. The first-order valence-corrected chi connectivity index (χ1v) is 8.15. The molecule has 2 fully saturated rings. The van der Waals surface area contributed by atoms with E-state index in [1.807, 2.05) is 0 Å². The Morgan fingerprint density at radius 1 is 1.11 bits per heavy atom. The average molecular weight is 266 g/mol. The zero-order valence-electron chi connectivity index (χ0n) is 12.7. The summed E-state index contributed by atoms with van der Waals surface area (Å²) < 4.78 is 0. The van der Waals surface area contributed by atoms with Crippen molar-refractivity contribution in [2.45, 2.75) is 65.2 Å². The van der Waals surface area contributed by atoms with Crippen molar-refractivity contribution in [2.75, 3.05) is 19.6 Å². The SMILES string of the molecule is CCC1(CNC(=O)C2(CC)CCCNC2)CCCC1. The maximum absolute atomic E-state index is 12.6. The zero-order valence-corrected chi connectivity index (χ0v) is 12.7. The molecule has 1 heterocycles. The van der Waals surface area contributed by atoms with Gasteiger partial charge in [0.2, 0.25) is 5.91 Å². The van der Waals surface area contributed by atoms with Crippen LogP contribution >= 0.6 is 0 Å². The Morgan fingerprint density at radius 2 is 1.84 bits per heavy atom. The first kappa shape index (κ1) is 14.8. The van der Waals surface area contributed by atoms with Crippen LogP contribution in [0, 0.1) is 10.8 Å². The van der Waals surface area contributed by atoms with E-state index in [1.54, 1.807) is 0 Å². The molecular weight excluding hydrogens is 236 g/mol. The van der Waals surface area contributed by atoms with Gasteiger partial charge < -0.3 is 10.6 Å². The van der Waals surface area contributed by atoms with Gasteiger partial charge in [-0.2, -0.15) is 0 Å². The van der Waals surface area contributed by atoms with E-state index in [0.717, 1.165) is 38.9 Å². The maximum atomic E-state index is 12.6. The number of carbonyl (C=O) groups is 1. The van der Waals surface area contributed by atoms with E-state index < -0.39 is 0 Å². The van der Waals surface area contributed by atoms with E-state index in [9.17, 15) is 4.79 Å². The number of nitrogens with one attached hydrogen (secondary N) is 2. The minimum absolute atomic E-state index is 0.147. The van der Waals surface area contributed by atoms with Crippen LogP contribution in [0.3, 0.4) is 0 Å². The van der Waals surface area contributed by atoms with Crippen molar-refractivity contribution in [1.29, 1.82) is 0 Å². The molecule has 1 atom stereocenters. The lowest BCUT2D eigenvalue weighted by atomic mass is 9.76. The summed E-state index contributed by atoms with van der Waals surface area (Å²) in [7, 11) is 0. The van der Waals surface area contributed by atoms with Gasteiger partial charge in [0, 0.05) is 13.1 Å². The summed E-state index contributed by atoms with van der Waals surface area (Å²) in [5.74, 6) is 0.293. The predicted octanol–water partition coefficient (Wildman–Crippen LogP) is 2.85. The highest BCUT2D eigenvalue weighted by Gasteiger charge is 2.39. The molecule has 1 saturated heterocycles. The van der Waals surface area contributed by atoms with E-state index in [0.29, 0.717) is 11.3 Å². The Morgan fingerprint density at radius 3 is 2.37 bits per heavy atom. The molecule has 2 rings (SSSR count). The second-order valence-corrected chi connectivity index (χ2v) is 6.66. The van der Waals surface area contributed by atoms with E-state index in [2.05, 4.69) is 24.5 Å². The summed E-state index contributed by atoms with van der Waals surface area (Å²) in [4.78, 5) is 12.6. The lowest BCUT2D eigenvalue weighted by molar-refractivity contribution is -0.132. The summed E-state index contributed by atoms with van der Waals surface area (Å²) >= 11 is 0. The van der Waals surface area contributed by atoms with Gasteiger partial charge in [0.05, 0.1) is 5.41 Å². The molecule has 0 aromatic rings. The standard InChI is InChI=1S/C16H30N2O/c1-3-15(8-5-6-9-15)12-18-14(19)16(4-2)10-7-11-17-13-16/h17H,3-13H2,1-2H3,(H,18,19). The van der Waals surface area contributed by atoms with Gasteiger partial charge in [-0.05, 0) is 50.5 Å². The molecule has 0 bridgehead atoms. The van der Waals surface area contributed by atoms with Gasteiger partial charge in [0.1, 0.15) is 0 Å². The van der Waals surface area contributed by atoms with Crippen LogP contribution in [0.5, 0.6) is 0 Å². The normalized spacial score (nSPS) is 30.2. The fraction of sp³-hybridized carbons (Fsp3) is 0.938. The molecule has 19 heavy (non-hydrogen) atoms. The zero-order chi connectivity index (χ0) is 13.8. The Bertz CT molecular complexity index is 302. The molecule has 3 heteroatoms. The average Bonchev–Trinajstić information content (AvgIpc) is 2.95. The lowest BCUT2D eigenvalue weighted by Gasteiger charge is -2.37. The highest BCUT2D eigenvalue weighted by Crippen LogP contribution is 2.40. The van der Waals surface area contributed by atoms with Crippen LogP contribution in [0.25, 0.3) is 0 Å². The van der Waals surface area contributed by atoms with E-state index in [-0.39, 0.29) is 5.41 Å². The minimum Gasteiger partial charge on any atom is -0.355 e. The van der Waals surface area contributed by atoms with Crippen molar-refractivity contribution in [3.05, 3.63) is 0 Å². The number of hydrogen-bond acceptors (Lipinski definition) is 2. The number of piperidine rings is 1. The quantitative estimate of drug-likeness (QED) is 0.803. The highest BCUT2D eigenvalue weighted by molar-refractivity contribution is 5.83. The van der Waals surface area contributed by atoms with Crippen LogP contribution in [-0.2, 0) is 4.79 Å². The number of carbonyl (C=O) groups excluding carboxylic acids is 1. The number of amides is 1. The topological polar surface area (TPSA) is 41.1 Å². The molecule has 1 saturated carbocycles. The van der Waals surface area contributed by atoms with Crippen LogP contribution in [0.4, 0.5) is 0 Å². The molecular formula is C16H30N2O. The fourth-order valence-corrected chi connectivity index (χ4v) is 3.86. The van der Waals surface area contributed by atoms with Crippen LogP contribution < -0.4 is 10.6 Å². The molecule has 2 aliphatic rings. The van der Waals surface area contributed by atoms with Gasteiger partial charge in [-0.1, -0.05) is 26.7 Å². The Balaban J connectivity index is 1.92. The van der Waals surface area contributed by atoms with Crippen LogP contribution in [0.2, 0.25) is 0 Å². The highest BCUT2D eigenvalue weighted by atomic mass is 16.2. The molecule has 1 unspecified atom stereocenters. The number of rotatable bonds is 5. The largest absolute Gasteiger partial charge is 0.355 e. The third-order valence-electron chi connectivity index (χ3n) is 5.67. The summed E-state index contributed by atoms with van der Waals surface area (Å²) in [6.07, 6.45) is 9.58. The third kappa shape index (κ3) is 3.13. The molecule has 1 amide bonds. The molecule has 2 N–H and O–H groups in total. The lowest BCUT2D eigenvalue weighted by Crippen LogP contribution is -2.51. The summed E-state index contributed by atoms with van der Waals surface area (Å²) in [6, 6.07) is 0. The molecule has 0 spiro atoms. The van der Waals surface area contributed by atoms with Gasteiger partial charge in [0.15, 0.2) is 0 Å². The molecule has 0 aromatic carbocycles. The summed E-state index contributed by atoms with van der Waals surface area (Å²) in [5, 5.41) is 6.70. The van der Waals surface area contributed by atoms with Gasteiger partial charge in [-0.3, -0.25) is 4.79 Å². The van der Waals surface area contributed by atoms with Gasteiger partial charge in [-0.15, -0.1) is 0 Å². The smallest absolute Gasteiger partial charge is 0.227 e. The van der Waals surface area contributed by atoms with Crippen molar-refractivity contribution in [3.63, 3.8) is 0 Å². The van der Waals surface area contributed by atoms with Crippen molar-refractivity contribution >= 4 is 5.91 Å². The predicted molar refractivity (Wildman–Crippen MR) is 79.0 cm³/mol. The van der Waals surface area contributed by atoms with Crippen molar-refractivity contribution in [1.82, 2.24) is 10.6 Å². The van der Waals surface area contributed by atoms with Crippen LogP contribution in [-0.4, -0.2) is 25.5 Å². The van der Waals surface area contributed by atoms with Crippen molar-refractivity contribution in [2.24, 2.45) is 10.8 Å². The molecule has 3 nitrogen and oxygen atoms in total. The van der Waals surface area contributed by atoms with Crippen molar-refractivity contribution < 1.29 is 4.79 Å². The molecule has 0 radical (unpaired) electrons. The van der Waals surface area contributed by atoms with Crippen LogP contribution in [0.15, 0.2) is 0 Å². The monoisotopic (exact) mass is 266 g/mol. The van der Waals surface area contributed by atoms with Crippen LogP contribution in [0.1, 0.15) is 65.2 Å². The minimum atomic E-state index is -0.147. The van der Waals surface area contributed by atoms with Crippen molar-refractivity contribution in [3.8, 4) is 0 Å². The Labute approximate surface area is 117 Å². The maximum Gasteiger partial charge on any atom is 0.227 e. The molecule has 0 aromatic heterocycles. The van der Waals surface area contributed by atoms with E-state index >= 15 is 0 Å². The first-order chi connectivity index (χ1) is 9.16. The van der Waals surface area contributed by atoms with Gasteiger partial charge in [-0.25, -0.2) is 0 Å². The second-order valence-electron chi connectivity index (χ2n) is 6.66. The van der Waals surface area contributed by atoms with E-state index in [4.69, 9.17) is 0 Å². The summed E-state index contributed by atoms with van der Waals surface area (Å²) in [5.41, 5.74) is 0.248. The molecule has 1 aliphatic heterocycles. The van der Waals surface area contributed by atoms with Gasteiger partial charge in [0.25, 0.3) is 0 Å². The Hall–Kier alpha value is -0.570. The fourth-order valence-electron chi connectivity index (χ4n) is 3.86. The van der Waals surface area contributed by atoms with Gasteiger partial charge >= 0.3 is 0 Å². The summed E-state index contributed by atoms with van der Waals surface area (Å²) in [6.45, 7) is 7.24. The Kier molecular flexibility index (Phi) is 4.88. The second kappa shape index (κ2) is 6.25. The number of hydrogen-bond donors (Lipinski definition) is 2. The first-order valence-electron chi connectivity index (χ1n) is 8.15. The van der Waals surface area contributed by atoms with E-state index in [1.165, 1.54) is 32.1 Å². The molecule has 1 aliphatic carbocycles.